The highest BCUT2D eigenvalue weighted by Gasteiger charge is 2.30. The molecule has 0 saturated carbocycles. The minimum atomic E-state index is -1.00. The van der Waals surface area contributed by atoms with Crippen molar-refractivity contribution >= 4 is 17.9 Å². The van der Waals surface area contributed by atoms with Gasteiger partial charge in [0.05, 0.1) is 6.42 Å². The lowest BCUT2D eigenvalue weighted by atomic mass is 9.98. The Morgan fingerprint density at radius 3 is 1.28 bits per heavy atom. The Kier molecular flexibility index (Phi) is 27.5. The second-order valence-electron chi connectivity index (χ2n) is 17.1. The fraction of sp³-hybridized carbons (Fsp3) is 0.706. The highest BCUT2D eigenvalue weighted by Crippen LogP contribution is 2.44. The van der Waals surface area contributed by atoms with E-state index in [1.807, 2.05) is 24.3 Å². The van der Waals surface area contributed by atoms with Gasteiger partial charge < -0.3 is 20.7 Å². The highest BCUT2D eigenvalue weighted by atomic mass is 16.5. The molecule has 0 bridgehead atoms. The van der Waals surface area contributed by atoms with Crippen LogP contribution in [0.25, 0.3) is 11.1 Å². The van der Waals surface area contributed by atoms with Gasteiger partial charge in [-0.1, -0.05) is 229 Å². The quantitative estimate of drug-likeness (QED) is 0.0598. The van der Waals surface area contributed by atoms with Crippen molar-refractivity contribution in [3.8, 4) is 11.1 Å². The summed E-state index contributed by atoms with van der Waals surface area (Å²) in [5.41, 5.74) is 4.57. The standard InChI is InChI=1S/C51H83N3O4/c1-3-5-7-9-11-13-15-17-19-21-23-25-27-33-39-52-49(55)41-48(50(56)53-40-34-28-26-24-22-20-18-16-14-12-10-8-6-4-2)54-51(57)58-42-47-45-37-31-29-35-43(45)44-36-30-32-38-46(44)47/h29-32,35-38,47-48H,3-28,33-34,39-42H2,1-2H3,(H,52,55)(H,53,56)(H,54,57)/t48-/m0/s1. The van der Waals surface area contributed by atoms with Gasteiger partial charge >= 0.3 is 6.09 Å². The molecule has 7 heteroatoms. The fourth-order valence-electron chi connectivity index (χ4n) is 8.45. The molecule has 2 aromatic carbocycles. The zero-order chi connectivity index (χ0) is 41.3. The summed E-state index contributed by atoms with van der Waals surface area (Å²) < 4.78 is 5.76. The lowest BCUT2D eigenvalue weighted by Gasteiger charge is -2.20. The van der Waals surface area contributed by atoms with E-state index < -0.39 is 12.1 Å². The van der Waals surface area contributed by atoms with Crippen LogP contribution in [0, 0.1) is 0 Å². The van der Waals surface area contributed by atoms with E-state index in [9.17, 15) is 14.4 Å². The number of alkyl carbamates (subject to hydrolysis) is 1. The van der Waals surface area contributed by atoms with Crippen molar-refractivity contribution in [3.63, 3.8) is 0 Å². The number of nitrogens with one attached hydrogen (secondary N) is 3. The third-order valence-electron chi connectivity index (χ3n) is 12.0. The number of unbranched alkanes of at least 4 members (excludes halogenated alkanes) is 26. The zero-order valence-corrected chi connectivity index (χ0v) is 37.0. The molecular formula is C51H83N3O4. The lowest BCUT2D eigenvalue weighted by molar-refractivity contribution is -0.128. The molecule has 3 rings (SSSR count). The third-order valence-corrected chi connectivity index (χ3v) is 12.0. The Labute approximate surface area is 354 Å². The maximum atomic E-state index is 13.4. The SMILES string of the molecule is CCCCCCCCCCCCCCCCNC(=O)C[C@H](NC(=O)OCC1c2ccccc2-c2ccccc21)C(=O)NCCCCCCCCCCCCCCCC. The molecule has 0 fully saturated rings. The first-order chi connectivity index (χ1) is 28.5. The number of ether oxygens (including phenoxy) is 1. The molecule has 3 amide bonds. The number of carbonyl (C=O) groups excluding carboxylic acids is 3. The molecule has 1 aliphatic rings. The van der Waals surface area contributed by atoms with Crippen LogP contribution in [-0.4, -0.2) is 43.6 Å². The molecule has 7 nitrogen and oxygen atoms in total. The zero-order valence-electron chi connectivity index (χ0n) is 37.0. The number of fused-ring (bicyclic) bond motifs is 3. The molecule has 0 unspecified atom stereocenters. The topological polar surface area (TPSA) is 96.5 Å². The molecule has 0 aliphatic heterocycles. The highest BCUT2D eigenvalue weighted by molar-refractivity contribution is 5.91. The molecule has 0 saturated heterocycles. The summed E-state index contributed by atoms with van der Waals surface area (Å²) in [6.45, 7) is 5.80. The number of carbonyl (C=O) groups is 3. The summed E-state index contributed by atoms with van der Waals surface area (Å²) in [5.74, 6) is -0.653. The van der Waals surface area contributed by atoms with Crippen molar-refractivity contribution < 1.29 is 19.1 Å². The second-order valence-corrected chi connectivity index (χ2v) is 17.1. The van der Waals surface area contributed by atoms with E-state index in [-0.39, 0.29) is 30.8 Å². The monoisotopic (exact) mass is 802 g/mol. The van der Waals surface area contributed by atoms with E-state index in [1.54, 1.807) is 0 Å². The molecule has 2 aromatic rings. The summed E-state index contributed by atoms with van der Waals surface area (Å²) in [4.78, 5) is 39.6. The van der Waals surface area contributed by atoms with E-state index in [1.165, 1.54) is 148 Å². The minimum absolute atomic E-state index is 0.0841. The Morgan fingerprint density at radius 1 is 0.500 bits per heavy atom. The van der Waals surface area contributed by atoms with Gasteiger partial charge in [0.15, 0.2) is 0 Å². The maximum absolute atomic E-state index is 13.4. The fourth-order valence-corrected chi connectivity index (χ4v) is 8.45. The Hall–Kier alpha value is -3.35. The first-order valence-corrected chi connectivity index (χ1v) is 24.2. The van der Waals surface area contributed by atoms with E-state index in [0.29, 0.717) is 13.1 Å². The van der Waals surface area contributed by atoms with E-state index in [0.717, 1.165) is 54.4 Å². The molecule has 0 spiro atoms. The van der Waals surface area contributed by atoms with Crippen LogP contribution in [0.3, 0.4) is 0 Å². The Balaban J connectivity index is 1.34. The summed E-state index contributed by atoms with van der Waals surface area (Å²) in [7, 11) is 0. The molecule has 1 atom stereocenters. The Morgan fingerprint density at radius 2 is 0.862 bits per heavy atom. The van der Waals surface area contributed by atoms with Crippen molar-refractivity contribution in [2.75, 3.05) is 19.7 Å². The van der Waals surface area contributed by atoms with E-state index >= 15 is 0 Å². The predicted octanol–water partition coefficient (Wildman–Crippen LogP) is 13.5. The van der Waals surface area contributed by atoms with Gasteiger partial charge in [-0.25, -0.2) is 4.79 Å². The largest absolute Gasteiger partial charge is 0.449 e. The number of hydrogen-bond acceptors (Lipinski definition) is 4. The third kappa shape index (κ3) is 21.1. The van der Waals surface area contributed by atoms with Gasteiger partial charge in [0.1, 0.15) is 12.6 Å². The van der Waals surface area contributed by atoms with E-state index in [4.69, 9.17) is 4.74 Å². The molecule has 0 radical (unpaired) electrons. The lowest BCUT2D eigenvalue weighted by Crippen LogP contribution is -2.49. The second kappa shape index (κ2) is 32.5. The van der Waals surface area contributed by atoms with Crippen LogP contribution in [0.2, 0.25) is 0 Å². The molecule has 58 heavy (non-hydrogen) atoms. The van der Waals surface area contributed by atoms with Crippen molar-refractivity contribution in [2.24, 2.45) is 0 Å². The van der Waals surface area contributed by atoms with Crippen molar-refractivity contribution in [2.45, 2.75) is 212 Å². The molecule has 0 heterocycles. The molecule has 3 N–H and O–H groups in total. The smallest absolute Gasteiger partial charge is 0.407 e. The van der Waals surface area contributed by atoms with Crippen LogP contribution < -0.4 is 16.0 Å². The van der Waals surface area contributed by atoms with Gasteiger partial charge in [0, 0.05) is 19.0 Å². The number of hydrogen-bond donors (Lipinski definition) is 3. The van der Waals surface area contributed by atoms with Gasteiger partial charge in [-0.3, -0.25) is 9.59 Å². The van der Waals surface area contributed by atoms with Crippen LogP contribution in [0.1, 0.15) is 217 Å². The molecule has 0 aromatic heterocycles. The number of amides is 3. The van der Waals surface area contributed by atoms with Crippen LogP contribution in [-0.2, 0) is 14.3 Å². The van der Waals surface area contributed by atoms with Gasteiger partial charge in [-0.15, -0.1) is 0 Å². The summed E-state index contributed by atoms with van der Waals surface area (Å²) in [6, 6.07) is 15.4. The van der Waals surface area contributed by atoms with Crippen LogP contribution in [0.5, 0.6) is 0 Å². The summed E-state index contributed by atoms with van der Waals surface area (Å²) in [6.07, 6.45) is 35.1. The van der Waals surface area contributed by atoms with Crippen molar-refractivity contribution in [1.82, 2.24) is 16.0 Å². The Bertz CT molecular complexity index is 1330. The first kappa shape index (κ1) is 49.0. The van der Waals surface area contributed by atoms with Crippen molar-refractivity contribution in [3.05, 3.63) is 59.7 Å². The average Bonchev–Trinajstić information content (AvgIpc) is 3.55. The summed E-state index contributed by atoms with van der Waals surface area (Å²) >= 11 is 0. The predicted molar refractivity (Wildman–Crippen MR) is 243 cm³/mol. The first-order valence-electron chi connectivity index (χ1n) is 24.2. The van der Waals surface area contributed by atoms with Gasteiger partial charge in [0.2, 0.25) is 11.8 Å². The normalized spacial score (nSPS) is 12.5. The van der Waals surface area contributed by atoms with Crippen molar-refractivity contribution in [1.29, 1.82) is 0 Å². The van der Waals surface area contributed by atoms with Crippen LogP contribution >= 0.6 is 0 Å². The van der Waals surface area contributed by atoms with Gasteiger partial charge in [-0.05, 0) is 35.1 Å². The number of benzene rings is 2. The minimum Gasteiger partial charge on any atom is -0.449 e. The average molecular weight is 802 g/mol. The summed E-state index contributed by atoms with van der Waals surface area (Å²) in [5, 5.41) is 8.73. The van der Waals surface area contributed by atoms with Crippen LogP contribution in [0.4, 0.5) is 4.79 Å². The van der Waals surface area contributed by atoms with Crippen LogP contribution in [0.15, 0.2) is 48.5 Å². The van der Waals surface area contributed by atoms with E-state index in [2.05, 4.69) is 54.1 Å². The number of rotatable bonds is 36. The maximum Gasteiger partial charge on any atom is 0.407 e. The van der Waals surface area contributed by atoms with Gasteiger partial charge in [-0.2, -0.15) is 0 Å². The molecule has 326 valence electrons. The molecular weight excluding hydrogens is 719 g/mol. The van der Waals surface area contributed by atoms with Gasteiger partial charge in [0.25, 0.3) is 0 Å². The molecule has 1 aliphatic carbocycles.